The van der Waals surface area contributed by atoms with Gasteiger partial charge in [-0.05, 0) is 54.8 Å². The van der Waals surface area contributed by atoms with Gasteiger partial charge in [0.05, 0.1) is 4.92 Å². The fraction of sp³-hybridized carbons (Fsp3) is 0.158. The number of nitriles is 1. The first-order chi connectivity index (χ1) is 13.0. The maximum Gasteiger partial charge on any atom is 0.312 e. The lowest BCUT2D eigenvalue weighted by Crippen LogP contribution is -2.26. The fourth-order valence-electron chi connectivity index (χ4n) is 2.29. The SMILES string of the molecule is N#C/C(=C/c1ccc(Oc2ccc(F)cc2)c([N+](=O)[O-])c1)C(=O)NC1CC1. The molecule has 0 aromatic heterocycles. The number of nitrogens with one attached hydrogen (secondary N) is 1. The summed E-state index contributed by atoms with van der Waals surface area (Å²) >= 11 is 0. The molecule has 0 spiro atoms. The predicted molar refractivity (Wildman–Crippen MR) is 94.3 cm³/mol. The fourth-order valence-corrected chi connectivity index (χ4v) is 2.29. The summed E-state index contributed by atoms with van der Waals surface area (Å²) in [6.45, 7) is 0. The van der Waals surface area contributed by atoms with E-state index in [9.17, 15) is 24.6 Å². The Balaban J connectivity index is 1.87. The summed E-state index contributed by atoms with van der Waals surface area (Å²) in [5, 5.41) is 23.2. The third-order valence-corrected chi connectivity index (χ3v) is 3.81. The molecule has 1 N–H and O–H groups in total. The first-order valence-electron chi connectivity index (χ1n) is 8.11. The average molecular weight is 367 g/mol. The molecule has 0 unspecified atom stereocenters. The second-order valence-electron chi connectivity index (χ2n) is 5.96. The van der Waals surface area contributed by atoms with Crippen LogP contribution in [0, 0.1) is 27.3 Å². The molecule has 8 heteroatoms. The number of ether oxygens (including phenoxy) is 1. The molecule has 2 aromatic carbocycles. The zero-order chi connectivity index (χ0) is 19.4. The number of carbonyl (C=O) groups excluding carboxylic acids is 1. The molecule has 0 radical (unpaired) electrons. The summed E-state index contributed by atoms with van der Waals surface area (Å²) in [4.78, 5) is 22.7. The first kappa shape index (κ1) is 18.1. The molecule has 0 atom stereocenters. The molecule has 136 valence electrons. The third-order valence-electron chi connectivity index (χ3n) is 3.81. The summed E-state index contributed by atoms with van der Waals surface area (Å²) in [5.41, 5.74) is -0.160. The Morgan fingerprint density at radius 1 is 1.30 bits per heavy atom. The topological polar surface area (TPSA) is 105 Å². The molecular formula is C19H14FN3O4. The molecule has 0 bridgehead atoms. The third kappa shape index (κ3) is 4.67. The van der Waals surface area contributed by atoms with E-state index in [-0.39, 0.29) is 28.8 Å². The minimum atomic E-state index is -0.632. The molecule has 1 saturated carbocycles. The minimum absolute atomic E-state index is 0.0373. The molecule has 1 amide bonds. The van der Waals surface area contributed by atoms with Crippen molar-refractivity contribution in [2.75, 3.05) is 0 Å². The smallest absolute Gasteiger partial charge is 0.312 e. The number of rotatable bonds is 6. The van der Waals surface area contributed by atoms with E-state index < -0.39 is 16.6 Å². The van der Waals surface area contributed by atoms with Gasteiger partial charge in [-0.3, -0.25) is 14.9 Å². The minimum Gasteiger partial charge on any atom is -0.450 e. The van der Waals surface area contributed by atoms with Crippen molar-refractivity contribution in [1.82, 2.24) is 5.32 Å². The Hall–Kier alpha value is -3.73. The van der Waals surface area contributed by atoms with Crippen LogP contribution in [0.2, 0.25) is 0 Å². The van der Waals surface area contributed by atoms with Crippen molar-refractivity contribution < 1.29 is 18.8 Å². The van der Waals surface area contributed by atoms with Crippen molar-refractivity contribution in [2.45, 2.75) is 18.9 Å². The highest BCUT2D eigenvalue weighted by atomic mass is 19.1. The molecule has 7 nitrogen and oxygen atoms in total. The molecule has 1 aliphatic rings. The standard InChI is InChI=1S/C19H14FN3O4/c20-14-2-6-16(7-3-14)27-18-8-1-12(10-17(18)23(25)26)9-13(11-21)19(24)22-15-4-5-15/h1-3,6-10,15H,4-5H2,(H,22,24)/b13-9-. The lowest BCUT2D eigenvalue weighted by atomic mass is 10.1. The van der Waals surface area contributed by atoms with Crippen molar-refractivity contribution in [1.29, 1.82) is 5.26 Å². The van der Waals surface area contributed by atoms with E-state index in [0.717, 1.165) is 12.8 Å². The summed E-state index contributed by atoms with van der Waals surface area (Å²) in [5.74, 6) is -0.755. The second-order valence-corrected chi connectivity index (χ2v) is 5.96. The second kappa shape index (κ2) is 7.66. The van der Waals surface area contributed by atoms with E-state index in [1.165, 1.54) is 48.5 Å². The van der Waals surface area contributed by atoms with Gasteiger partial charge in [-0.15, -0.1) is 0 Å². The van der Waals surface area contributed by atoms with Crippen LogP contribution >= 0.6 is 0 Å². The summed E-state index contributed by atoms with van der Waals surface area (Å²) in [6.07, 6.45) is 3.04. The molecule has 0 saturated heterocycles. The number of nitro benzene ring substituents is 1. The Morgan fingerprint density at radius 3 is 2.59 bits per heavy atom. The molecule has 1 aliphatic carbocycles. The zero-order valence-electron chi connectivity index (χ0n) is 14.0. The Labute approximate surface area is 153 Å². The number of carbonyl (C=O) groups is 1. The van der Waals surface area contributed by atoms with Gasteiger partial charge >= 0.3 is 5.69 Å². The molecular weight excluding hydrogens is 353 g/mol. The summed E-state index contributed by atoms with van der Waals surface area (Å²) in [7, 11) is 0. The molecule has 2 aromatic rings. The molecule has 1 fully saturated rings. The summed E-state index contributed by atoms with van der Waals surface area (Å²) in [6, 6.07) is 11.0. The van der Waals surface area contributed by atoms with Gasteiger partial charge in [-0.25, -0.2) is 4.39 Å². The number of benzene rings is 2. The quantitative estimate of drug-likeness (QED) is 0.363. The van der Waals surface area contributed by atoms with Crippen molar-refractivity contribution in [3.8, 4) is 17.6 Å². The van der Waals surface area contributed by atoms with Crippen molar-refractivity contribution in [3.63, 3.8) is 0 Å². The number of nitro groups is 1. The van der Waals surface area contributed by atoms with Crippen molar-refractivity contribution in [3.05, 3.63) is 69.5 Å². The first-order valence-corrected chi connectivity index (χ1v) is 8.11. The van der Waals surface area contributed by atoms with E-state index in [4.69, 9.17) is 4.74 Å². The van der Waals surface area contributed by atoms with Gasteiger partial charge in [0.2, 0.25) is 5.75 Å². The van der Waals surface area contributed by atoms with Crippen molar-refractivity contribution >= 4 is 17.7 Å². The van der Waals surface area contributed by atoms with Gasteiger partial charge in [0.1, 0.15) is 23.2 Å². The summed E-state index contributed by atoms with van der Waals surface area (Å²) < 4.78 is 18.4. The van der Waals surface area contributed by atoms with Crippen molar-refractivity contribution in [2.24, 2.45) is 0 Å². The highest BCUT2D eigenvalue weighted by molar-refractivity contribution is 6.02. The molecule has 0 aliphatic heterocycles. The van der Waals surface area contributed by atoms with Crippen LogP contribution in [0.3, 0.4) is 0 Å². The maximum atomic E-state index is 13.0. The molecule has 27 heavy (non-hydrogen) atoms. The molecule has 0 heterocycles. The van der Waals surface area contributed by atoms with E-state index >= 15 is 0 Å². The van der Waals surface area contributed by atoms with E-state index in [1.807, 2.05) is 0 Å². The lowest BCUT2D eigenvalue weighted by molar-refractivity contribution is -0.385. The van der Waals surface area contributed by atoms with Gasteiger partial charge in [-0.2, -0.15) is 5.26 Å². The number of hydrogen-bond acceptors (Lipinski definition) is 5. The van der Waals surface area contributed by atoms with Gasteiger partial charge in [0.15, 0.2) is 0 Å². The molecule has 3 rings (SSSR count). The number of halogens is 1. The van der Waals surface area contributed by atoms with Crippen LogP contribution < -0.4 is 10.1 Å². The van der Waals surface area contributed by atoms with E-state index in [2.05, 4.69) is 5.32 Å². The van der Waals surface area contributed by atoms with Crippen LogP contribution in [0.4, 0.5) is 10.1 Å². The number of hydrogen-bond donors (Lipinski definition) is 1. The maximum absolute atomic E-state index is 13.0. The van der Waals surface area contributed by atoms with Crippen LogP contribution in [0.1, 0.15) is 18.4 Å². The van der Waals surface area contributed by atoms with Crippen LogP contribution in [-0.2, 0) is 4.79 Å². The lowest BCUT2D eigenvalue weighted by Gasteiger charge is -2.07. The van der Waals surface area contributed by atoms with Gasteiger partial charge in [0.25, 0.3) is 5.91 Å². The van der Waals surface area contributed by atoms with Gasteiger partial charge < -0.3 is 10.1 Å². The number of amides is 1. The Bertz CT molecular complexity index is 960. The van der Waals surface area contributed by atoms with Crippen LogP contribution in [0.25, 0.3) is 6.08 Å². The Morgan fingerprint density at radius 2 is 2.00 bits per heavy atom. The zero-order valence-corrected chi connectivity index (χ0v) is 14.0. The Kier molecular flexibility index (Phi) is 5.13. The number of nitrogens with zero attached hydrogens (tertiary/aromatic N) is 2. The highest BCUT2D eigenvalue weighted by Crippen LogP contribution is 2.33. The van der Waals surface area contributed by atoms with E-state index in [1.54, 1.807) is 6.07 Å². The normalized spacial score (nSPS) is 13.6. The van der Waals surface area contributed by atoms with E-state index in [0.29, 0.717) is 5.56 Å². The van der Waals surface area contributed by atoms with Gasteiger partial charge in [0, 0.05) is 12.1 Å². The van der Waals surface area contributed by atoms with Crippen LogP contribution in [0.15, 0.2) is 48.0 Å². The van der Waals surface area contributed by atoms with Gasteiger partial charge in [-0.1, -0.05) is 6.07 Å². The van der Waals surface area contributed by atoms with Crippen LogP contribution in [-0.4, -0.2) is 16.9 Å². The average Bonchev–Trinajstić information content (AvgIpc) is 3.46. The predicted octanol–water partition coefficient (Wildman–Crippen LogP) is 3.71. The largest absolute Gasteiger partial charge is 0.450 e. The highest BCUT2D eigenvalue weighted by Gasteiger charge is 2.25. The monoisotopic (exact) mass is 367 g/mol. The van der Waals surface area contributed by atoms with Crippen LogP contribution in [0.5, 0.6) is 11.5 Å².